The second kappa shape index (κ2) is 3.98. The number of hydrogen-bond donors (Lipinski definition) is 0. The van der Waals surface area contributed by atoms with Crippen molar-refractivity contribution in [2.75, 3.05) is 0 Å². The van der Waals surface area contributed by atoms with Crippen LogP contribution in [0.2, 0.25) is 19.6 Å². The number of benzene rings is 1. The van der Waals surface area contributed by atoms with E-state index in [9.17, 15) is 0 Å². The Morgan fingerprint density at radius 1 is 1.13 bits per heavy atom. The summed E-state index contributed by atoms with van der Waals surface area (Å²) in [5.41, 5.74) is 0. The van der Waals surface area contributed by atoms with Crippen molar-refractivity contribution in [2.24, 2.45) is 0 Å². The van der Waals surface area contributed by atoms with E-state index in [-0.39, 0.29) is 0 Å². The zero-order valence-electron chi connectivity index (χ0n) is 8.90. The number of thiophene rings is 1. The lowest BCUT2D eigenvalue weighted by atomic mass is 10.3. The van der Waals surface area contributed by atoms with Gasteiger partial charge in [-0.1, -0.05) is 37.0 Å². The van der Waals surface area contributed by atoms with Gasteiger partial charge in [-0.2, -0.15) is 0 Å². The van der Waals surface area contributed by atoms with Crippen LogP contribution in [0.25, 0.3) is 10.1 Å². The van der Waals surface area contributed by atoms with Crippen molar-refractivity contribution in [3.8, 4) is 0 Å². The van der Waals surface area contributed by atoms with Gasteiger partial charge in [0.15, 0.2) is 0 Å². The maximum absolute atomic E-state index is 3.60. The highest BCUT2D eigenvalue weighted by Gasteiger charge is 2.17. The van der Waals surface area contributed by atoms with E-state index in [2.05, 4.69) is 69.7 Å². The minimum Gasteiger partial charge on any atom is -0.127 e. The van der Waals surface area contributed by atoms with Crippen molar-refractivity contribution in [1.82, 2.24) is 0 Å². The Morgan fingerprint density at radius 3 is 2.40 bits per heavy atom. The fourth-order valence-electron chi connectivity index (χ4n) is 1.50. The summed E-state index contributed by atoms with van der Waals surface area (Å²) in [4.78, 5) is 0. The molecule has 4 heteroatoms. The summed E-state index contributed by atoms with van der Waals surface area (Å²) in [6, 6.07) is 6.86. The fraction of sp³-hybridized carbons (Fsp3) is 0.273. The van der Waals surface area contributed by atoms with Gasteiger partial charge >= 0.3 is 0 Å². The van der Waals surface area contributed by atoms with Crippen molar-refractivity contribution in [3.05, 3.63) is 26.5 Å². The van der Waals surface area contributed by atoms with Crippen molar-refractivity contribution in [3.63, 3.8) is 0 Å². The third kappa shape index (κ3) is 2.23. The van der Waals surface area contributed by atoms with Crippen LogP contribution in [0.4, 0.5) is 0 Å². The van der Waals surface area contributed by atoms with Crippen LogP contribution in [0, 0.1) is 0 Å². The molecule has 0 bridgehead atoms. The smallest absolute Gasteiger partial charge is 0.0853 e. The number of halogens is 2. The monoisotopic (exact) mass is 362 g/mol. The Kier molecular flexibility index (Phi) is 3.14. The summed E-state index contributed by atoms with van der Waals surface area (Å²) in [5, 5.41) is 2.84. The SMILES string of the molecule is C[Si](C)(C)c1ccc2c(Br)c(Br)sc2c1. The van der Waals surface area contributed by atoms with Gasteiger partial charge in [0.25, 0.3) is 0 Å². The Balaban J connectivity index is 2.67. The molecule has 0 saturated carbocycles. The Bertz CT molecular complexity index is 511. The summed E-state index contributed by atoms with van der Waals surface area (Å²) in [5.74, 6) is 0. The molecule has 0 spiro atoms. The fourth-order valence-corrected chi connectivity index (χ4v) is 5.08. The van der Waals surface area contributed by atoms with Gasteiger partial charge in [0.2, 0.25) is 0 Å². The summed E-state index contributed by atoms with van der Waals surface area (Å²) < 4.78 is 3.74. The first kappa shape index (κ1) is 11.8. The van der Waals surface area contributed by atoms with Crippen LogP contribution < -0.4 is 5.19 Å². The predicted molar refractivity (Wildman–Crippen MR) is 80.2 cm³/mol. The molecule has 0 atom stereocenters. The molecule has 0 nitrogen and oxygen atoms in total. The maximum Gasteiger partial charge on any atom is 0.0853 e. The molecule has 1 heterocycles. The highest BCUT2D eigenvalue weighted by atomic mass is 79.9. The predicted octanol–water partition coefficient (Wildman–Crippen LogP) is 4.97. The van der Waals surface area contributed by atoms with Gasteiger partial charge in [0.05, 0.1) is 16.3 Å². The van der Waals surface area contributed by atoms with E-state index in [1.165, 1.54) is 23.5 Å². The Labute approximate surface area is 112 Å². The van der Waals surface area contributed by atoms with Gasteiger partial charge in [-0.3, -0.25) is 0 Å². The van der Waals surface area contributed by atoms with Gasteiger partial charge in [-0.15, -0.1) is 11.3 Å². The van der Waals surface area contributed by atoms with Crippen LogP contribution in [0.1, 0.15) is 0 Å². The quantitative estimate of drug-likeness (QED) is 0.627. The van der Waals surface area contributed by atoms with E-state index < -0.39 is 8.07 Å². The highest BCUT2D eigenvalue weighted by Crippen LogP contribution is 2.38. The molecule has 15 heavy (non-hydrogen) atoms. The third-order valence-electron chi connectivity index (χ3n) is 2.46. The lowest BCUT2D eigenvalue weighted by Crippen LogP contribution is -2.37. The molecular formula is C11H12Br2SSi. The first-order chi connectivity index (χ1) is 6.89. The van der Waals surface area contributed by atoms with Crippen LogP contribution in [0.5, 0.6) is 0 Å². The molecule has 1 aromatic heterocycles. The lowest BCUT2D eigenvalue weighted by molar-refractivity contribution is 1.73. The second-order valence-electron chi connectivity index (χ2n) is 4.65. The molecule has 0 saturated heterocycles. The molecule has 1 aromatic carbocycles. The molecule has 0 unspecified atom stereocenters. The van der Waals surface area contributed by atoms with Gasteiger partial charge in [-0.25, -0.2) is 0 Å². The minimum atomic E-state index is -1.18. The van der Waals surface area contributed by atoms with Gasteiger partial charge in [-0.05, 0) is 37.9 Å². The van der Waals surface area contributed by atoms with E-state index in [4.69, 9.17) is 0 Å². The van der Waals surface area contributed by atoms with Gasteiger partial charge in [0.1, 0.15) is 0 Å². The zero-order chi connectivity index (χ0) is 11.2. The molecule has 0 N–H and O–H groups in total. The van der Waals surface area contributed by atoms with Crippen molar-refractivity contribution in [2.45, 2.75) is 19.6 Å². The van der Waals surface area contributed by atoms with Crippen molar-refractivity contribution < 1.29 is 0 Å². The minimum absolute atomic E-state index is 1.18. The summed E-state index contributed by atoms with van der Waals surface area (Å²) in [7, 11) is -1.18. The normalized spacial score (nSPS) is 12.3. The standard InChI is InChI=1S/C11H12Br2SSi/c1-15(2,3)7-4-5-8-9(6-7)14-11(13)10(8)12/h4-6H,1-3H3. The molecule has 0 aliphatic carbocycles. The van der Waals surface area contributed by atoms with Gasteiger partial charge in [0, 0.05) is 10.1 Å². The molecule has 0 radical (unpaired) electrons. The molecular weight excluding hydrogens is 352 g/mol. The number of fused-ring (bicyclic) bond motifs is 1. The average molecular weight is 364 g/mol. The van der Waals surface area contributed by atoms with E-state index in [0.29, 0.717) is 0 Å². The number of rotatable bonds is 1. The molecule has 80 valence electrons. The molecule has 0 aliphatic rings. The number of hydrogen-bond acceptors (Lipinski definition) is 1. The Hall–Kier alpha value is 0.357. The molecule has 0 aliphatic heterocycles. The summed E-state index contributed by atoms with van der Waals surface area (Å²) >= 11 is 8.97. The first-order valence-corrected chi connectivity index (χ1v) is 10.7. The van der Waals surface area contributed by atoms with Gasteiger partial charge < -0.3 is 0 Å². The van der Waals surface area contributed by atoms with E-state index >= 15 is 0 Å². The van der Waals surface area contributed by atoms with E-state index in [0.717, 1.165) is 0 Å². The molecule has 2 rings (SSSR count). The highest BCUT2D eigenvalue weighted by molar-refractivity contribution is 9.13. The summed E-state index contributed by atoms with van der Waals surface area (Å²) in [6.45, 7) is 7.14. The van der Waals surface area contributed by atoms with E-state index in [1.54, 1.807) is 11.3 Å². The van der Waals surface area contributed by atoms with Crippen LogP contribution in [0.3, 0.4) is 0 Å². The van der Waals surface area contributed by atoms with Crippen LogP contribution in [0.15, 0.2) is 26.5 Å². The molecule has 0 fully saturated rings. The van der Waals surface area contributed by atoms with Crippen LogP contribution in [-0.4, -0.2) is 8.07 Å². The zero-order valence-corrected chi connectivity index (χ0v) is 13.9. The maximum atomic E-state index is 3.60. The third-order valence-corrected chi connectivity index (χ3v) is 7.94. The van der Waals surface area contributed by atoms with E-state index in [1.807, 2.05) is 0 Å². The van der Waals surface area contributed by atoms with Crippen LogP contribution in [-0.2, 0) is 0 Å². The second-order valence-corrected chi connectivity index (χ2v) is 12.9. The topological polar surface area (TPSA) is 0 Å². The molecule has 2 aromatic rings. The average Bonchev–Trinajstić information content (AvgIpc) is 2.41. The summed E-state index contributed by atoms with van der Waals surface area (Å²) in [6.07, 6.45) is 0. The van der Waals surface area contributed by atoms with Crippen molar-refractivity contribution >= 4 is 66.5 Å². The Morgan fingerprint density at radius 2 is 1.80 bits per heavy atom. The first-order valence-electron chi connectivity index (χ1n) is 4.77. The lowest BCUT2D eigenvalue weighted by Gasteiger charge is -2.16. The van der Waals surface area contributed by atoms with Crippen molar-refractivity contribution in [1.29, 1.82) is 0 Å². The molecule has 0 amide bonds. The van der Waals surface area contributed by atoms with Crippen LogP contribution >= 0.6 is 43.2 Å². The largest absolute Gasteiger partial charge is 0.127 e.